The maximum absolute atomic E-state index is 13.1. The Labute approximate surface area is 179 Å². The monoisotopic (exact) mass is 417 g/mol. The van der Waals surface area contributed by atoms with Crippen LogP contribution >= 0.6 is 11.3 Å². The first-order valence-corrected chi connectivity index (χ1v) is 11.1. The number of hydrogen-bond donors (Lipinski definition) is 0. The molecule has 0 aliphatic carbocycles. The van der Waals surface area contributed by atoms with Crippen LogP contribution in [0.1, 0.15) is 46.1 Å². The molecule has 3 aromatic heterocycles. The van der Waals surface area contributed by atoms with Crippen LogP contribution in [0.3, 0.4) is 0 Å². The summed E-state index contributed by atoms with van der Waals surface area (Å²) in [6.07, 6.45) is 6.05. The minimum Gasteiger partial charge on any atom is -0.487 e. The van der Waals surface area contributed by atoms with Gasteiger partial charge in [-0.3, -0.25) is 4.79 Å². The van der Waals surface area contributed by atoms with Gasteiger partial charge in [-0.05, 0) is 78.1 Å². The molecule has 30 heavy (non-hydrogen) atoms. The minimum absolute atomic E-state index is 0.0890. The van der Waals surface area contributed by atoms with E-state index in [1.807, 2.05) is 65.0 Å². The van der Waals surface area contributed by atoms with Crippen LogP contribution in [0.4, 0.5) is 0 Å². The summed E-state index contributed by atoms with van der Waals surface area (Å²) in [6, 6.07) is 13.8. The molecule has 1 unspecified atom stereocenters. The third kappa shape index (κ3) is 3.59. The zero-order chi connectivity index (χ0) is 20.5. The zero-order valence-corrected chi connectivity index (χ0v) is 17.6. The van der Waals surface area contributed by atoms with Crippen molar-refractivity contribution in [2.75, 3.05) is 6.54 Å². The molecule has 6 heteroatoms. The highest BCUT2D eigenvalue weighted by Gasteiger charge is 2.30. The van der Waals surface area contributed by atoms with E-state index in [0.717, 1.165) is 42.0 Å². The number of aryl methyl sites for hydroxylation is 1. The largest absolute Gasteiger partial charge is 0.487 e. The van der Waals surface area contributed by atoms with E-state index >= 15 is 0 Å². The third-order valence-electron chi connectivity index (χ3n) is 5.66. The molecule has 4 aromatic rings. The number of benzene rings is 1. The second-order valence-electron chi connectivity index (χ2n) is 7.68. The van der Waals surface area contributed by atoms with Crippen LogP contribution in [0, 0.1) is 6.92 Å². The van der Waals surface area contributed by atoms with Crippen molar-refractivity contribution in [2.24, 2.45) is 0 Å². The van der Waals surface area contributed by atoms with Crippen LogP contribution in [0.15, 0.2) is 65.6 Å². The number of amides is 1. The van der Waals surface area contributed by atoms with Crippen molar-refractivity contribution >= 4 is 22.9 Å². The summed E-state index contributed by atoms with van der Waals surface area (Å²) in [5.74, 6) is 0.821. The second kappa shape index (κ2) is 7.95. The van der Waals surface area contributed by atoms with Crippen molar-refractivity contribution in [3.05, 3.63) is 88.0 Å². The lowest BCUT2D eigenvalue weighted by molar-refractivity contribution is 0.0736. The van der Waals surface area contributed by atoms with E-state index in [1.54, 1.807) is 11.3 Å². The molecule has 4 heterocycles. The number of carbonyl (C=O) groups is 1. The number of aromatic nitrogens is 2. The minimum atomic E-state index is 0.0890. The van der Waals surface area contributed by atoms with Gasteiger partial charge in [-0.15, -0.1) is 0 Å². The fourth-order valence-corrected chi connectivity index (χ4v) is 4.82. The Bertz CT molecular complexity index is 1170. The molecule has 1 aromatic carbocycles. The maximum atomic E-state index is 13.1. The van der Waals surface area contributed by atoms with Crippen molar-refractivity contribution in [1.82, 2.24) is 14.3 Å². The van der Waals surface area contributed by atoms with Gasteiger partial charge < -0.3 is 14.0 Å². The van der Waals surface area contributed by atoms with Crippen molar-refractivity contribution in [3.63, 3.8) is 0 Å². The summed E-state index contributed by atoms with van der Waals surface area (Å²) in [4.78, 5) is 19.7. The van der Waals surface area contributed by atoms with Crippen LogP contribution in [0.25, 0.3) is 5.65 Å². The number of fused-ring (bicyclic) bond motifs is 1. The lowest BCUT2D eigenvalue weighted by Gasteiger charge is -2.24. The van der Waals surface area contributed by atoms with Gasteiger partial charge in [0.2, 0.25) is 0 Å². The van der Waals surface area contributed by atoms with Crippen molar-refractivity contribution in [1.29, 1.82) is 0 Å². The van der Waals surface area contributed by atoms with Gasteiger partial charge in [-0.2, -0.15) is 11.3 Å². The van der Waals surface area contributed by atoms with Gasteiger partial charge in [-0.25, -0.2) is 4.98 Å². The molecular formula is C24H23N3O2S. The van der Waals surface area contributed by atoms with E-state index in [4.69, 9.17) is 4.74 Å². The molecule has 5 rings (SSSR count). The highest BCUT2D eigenvalue weighted by molar-refractivity contribution is 7.08. The highest BCUT2D eigenvalue weighted by atomic mass is 32.1. The molecule has 0 radical (unpaired) electrons. The number of carbonyl (C=O) groups excluding carboxylic acids is 1. The average Bonchev–Trinajstić information content (AvgIpc) is 3.52. The third-order valence-corrected chi connectivity index (χ3v) is 6.36. The van der Waals surface area contributed by atoms with Gasteiger partial charge in [0.25, 0.3) is 5.91 Å². The lowest BCUT2D eigenvalue weighted by Crippen LogP contribution is -2.30. The molecule has 1 atom stereocenters. The molecule has 0 spiro atoms. The molecule has 0 saturated carbocycles. The summed E-state index contributed by atoms with van der Waals surface area (Å²) in [6.45, 7) is 3.25. The predicted octanol–water partition coefficient (Wildman–Crippen LogP) is 5.26. The van der Waals surface area contributed by atoms with E-state index in [0.29, 0.717) is 12.2 Å². The first kappa shape index (κ1) is 18.9. The fraction of sp³-hybridized carbons (Fsp3) is 0.250. The topological polar surface area (TPSA) is 46.8 Å². The molecule has 1 aliphatic heterocycles. The Kier molecular flexibility index (Phi) is 5.01. The number of pyridine rings is 1. The average molecular weight is 418 g/mol. The van der Waals surface area contributed by atoms with Gasteiger partial charge in [0.05, 0.1) is 11.7 Å². The molecule has 1 saturated heterocycles. The quantitative estimate of drug-likeness (QED) is 0.445. The Morgan fingerprint density at radius 1 is 1.23 bits per heavy atom. The van der Waals surface area contributed by atoms with Crippen LogP contribution in [0.2, 0.25) is 0 Å². The predicted molar refractivity (Wildman–Crippen MR) is 118 cm³/mol. The normalized spacial score (nSPS) is 16.3. The summed E-state index contributed by atoms with van der Waals surface area (Å²) in [5.41, 5.74) is 4.90. The molecule has 1 fully saturated rings. The van der Waals surface area contributed by atoms with Crippen LogP contribution in [0.5, 0.6) is 5.75 Å². The van der Waals surface area contributed by atoms with E-state index in [-0.39, 0.29) is 11.9 Å². The van der Waals surface area contributed by atoms with Crippen molar-refractivity contribution < 1.29 is 9.53 Å². The van der Waals surface area contributed by atoms with Crippen LogP contribution in [-0.4, -0.2) is 26.7 Å². The van der Waals surface area contributed by atoms with Crippen LogP contribution in [-0.2, 0) is 6.61 Å². The number of ether oxygens (including phenoxy) is 1. The summed E-state index contributed by atoms with van der Waals surface area (Å²) in [7, 11) is 0. The second-order valence-corrected chi connectivity index (χ2v) is 8.46. The van der Waals surface area contributed by atoms with Gasteiger partial charge in [-0.1, -0.05) is 6.07 Å². The van der Waals surface area contributed by atoms with E-state index < -0.39 is 0 Å². The lowest BCUT2D eigenvalue weighted by atomic mass is 10.1. The zero-order valence-electron chi connectivity index (χ0n) is 16.8. The number of imidazole rings is 1. The van der Waals surface area contributed by atoms with Crippen molar-refractivity contribution in [3.8, 4) is 5.75 Å². The number of nitrogens with zero attached hydrogens (tertiary/aromatic N) is 3. The van der Waals surface area contributed by atoms with Crippen molar-refractivity contribution in [2.45, 2.75) is 32.4 Å². The maximum Gasteiger partial charge on any atom is 0.254 e. The smallest absolute Gasteiger partial charge is 0.254 e. The first-order chi connectivity index (χ1) is 14.7. The number of rotatable bonds is 5. The molecule has 0 N–H and O–H groups in total. The van der Waals surface area contributed by atoms with E-state index in [2.05, 4.69) is 21.8 Å². The summed E-state index contributed by atoms with van der Waals surface area (Å²) < 4.78 is 7.91. The first-order valence-electron chi connectivity index (χ1n) is 10.2. The molecule has 5 nitrogen and oxygen atoms in total. The summed E-state index contributed by atoms with van der Waals surface area (Å²) in [5, 5.41) is 4.22. The Hall–Kier alpha value is -3.12. The molecular weight excluding hydrogens is 394 g/mol. The van der Waals surface area contributed by atoms with Gasteiger partial charge in [0, 0.05) is 24.5 Å². The molecule has 1 amide bonds. The van der Waals surface area contributed by atoms with Crippen LogP contribution < -0.4 is 4.74 Å². The molecule has 1 aliphatic rings. The fourth-order valence-electron chi connectivity index (χ4n) is 4.11. The van der Waals surface area contributed by atoms with E-state index in [9.17, 15) is 4.79 Å². The number of thiophene rings is 1. The Morgan fingerprint density at radius 2 is 2.10 bits per heavy atom. The Balaban J connectivity index is 1.26. The van der Waals surface area contributed by atoms with Gasteiger partial charge in [0.15, 0.2) is 0 Å². The van der Waals surface area contributed by atoms with Gasteiger partial charge >= 0.3 is 0 Å². The van der Waals surface area contributed by atoms with E-state index in [1.165, 1.54) is 5.56 Å². The molecule has 0 bridgehead atoms. The standard InChI is InChI=1S/C24H23N3O2S/c1-17-4-2-11-26-14-20(25-23(17)26)15-29-21-8-6-18(7-9-21)24(28)27-12-3-5-22(27)19-10-13-30-16-19/h2,4,6-11,13-14,16,22H,3,5,12,15H2,1H3. The molecule has 152 valence electrons. The number of hydrogen-bond acceptors (Lipinski definition) is 4. The summed E-state index contributed by atoms with van der Waals surface area (Å²) >= 11 is 1.68. The Morgan fingerprint density at radius 3 is 2.87 bits per heavy atom. The van der Waals surface area contributed by atoms with Gasteiger partial charge in [0.1, 0.15) is 18.0 Å². The SMILES string of the molecule is Cc1cccn2cc(COc3ccc(C(=O)N4CCCC4c4ccsc4)cc3)nc12. The number of likely N-dealkylation sites (tertiary alicyclic amines) is 1. The highest BCUT2D eigenvalue weighted by Crippen LogP contribution is 2.34.